The lowest BCUT2D eigenvalue weighted by molar-refractivity contribution is 0.260. The first-order valence-electron chi connectivity index (χ1n) is 9.69. The molecule has 0 aliphatic carbocycles. The highest BCUT2D eigenvalue weighted by molar-refractivity contribution is 5.81. The highest BCUT2D eigenvalue weighted by atomic mass is 16.6. The van der Waals surface area contributed by atoms with Crippen LogP contribution < -0.4 is 4.74 Å². The third-order valence-electron chi connectivity index (χ3n) is 5.39. The zero-order valence-electron chi connectivity index (χ0n) is 16.9. The summed E-state index contributed by atoms with van der Waals surface area (Å²) < 4.78 is 16.7. The van der Waals surface area contributed by atoms with Crippen LogP contribution in [0.15, 0.2) is 24.3 Å². The Kier molecular flexibility index (Phi) is 4.83. The summed E-state index contributed by atoms with van der Waals surface area (Å²) in [6.07, 6.45) is 2.85. The minimum Gasteiger partial charge on any atom is -0.490 e. The summed E-state index contributed by atoms with van der Waals surface area (Å²) in [4.78, 5) is 0. The maximum atomic E-state index is 5.96. The van der Waals surface area contributed by atoms with E-state index in [0.717, 1.165) is 19.0 Å². The van der Waals surface area contributed by atoms with Crippen molar-refractivity contribution in [1.29, 1.82) is 0 Å². The van der Waals surface area contributed by atoms with E-state index in [1.54, 1.807) is 0 Å². The second kappa shape index (κ2) is 7.14. The van der Waals surface area contributed by atoms with Crippen molar-refractivity contribution in [3.8, 4) is 5.75 Å². The van der Waals surface area contributed by atoms with Crippen LogP contribution >= 0.6 is 0 Å². The van der Waals surface area contributed by atoms with Crippen LogP contribution in [0.5, 0.6) is 5.75 Å². The molecule has 2 aliphatic heterocycles. The van der Waals surface area contributed by atoms with Crippen LogP contribution in [0.2, 0.25) is 0 Å². The third kappa shape index (κ3) is 4.10. The average Bonchev–Trinajstić information content (AvgIpc) is 3.48. The van der Waals surface area contributed by atoms with Crippen LogP contribution in [-0.4, -0.2) is 25.9 Å². The summed E-state index contributed by atoms with van der Waals surface area (Å²) in [6, 6.07) is 8.96. The summed E-state index contributed by atoms with van der Waals surface area (Å²) in [5, 5.41) is 0. The first-order valence-corrected chi connectivity index (χ1v) is 9.69. The van der Waals surface area contributed by atoms with Crippen molar-refractivity contribution < 1.29 is 14.2 Å². The molecular formula is C24H28O3. The highest BCUT2D eigenvalue weighted by Gasteiger charge is 2.28. The maximum Gasteiger partial charge on any atom is 0.125 e. The van der Waals surface area contributed by atoms with Gasteiger partial charge in [0.2, 0.25) is 0 Å². The molecule has 0 saturated carbocycles. The number of hydrogen-bond acceptors (Lipinski definition) is 3. The largest absolute Gasteiger partial charge is 0.490 e. The zero-order chi connectivity index (χ0) is 19.1. The van der Waals surface area contributed by atoms with Gasteiger partial charge in [0.1, 0.15) is 24.6 Å². The number of ether oxygens (including phenoxy) is 3. The molecule has 2 unspecified atom stereocenters. The maximum absolute atomic E-state index is 5.96. The molecule has 3 heteroatoms. The molecule has 0 aromatic heterocycles. The number of epoxide rings is 2. The van der Waals surface area contributed by atoms with E-state index >= 15 is 0 Å². The molecule has 2 aromatic carbocycles. The summed E-state index contributed by atoms with van der Waals surface area (Å²) in [5.74, 6) is 0.988. The summed E-state index contributed by atoms with van der Waals surface area (Å²) in [7, 11) is 0. The minimum absolute atomic E-state index is 0.278. The van der Waals surface area contributed by atoms with Crippen molar-refractivity contribution in [2.24, 2.45) is 0 Å². The topological polar surface area (TPSA) is 34.3 Å². The molecule has 2 atom stereocenters. The van der Waals surface area contributed by atoms with Gasteiger partial charge in [-0.3, -0.25) is 0 Å². The predicted octanol–water partition coefficient (Wildman–Crippen LogP) is 5.33. The Morgan fingerprint density at radius 3 is 2.07 bits per heavy atom. The summed E-state index contributed by atoms with van der Waals surface area (Å²) >= 11 is 0. The first kappa shape index (κ1) is 18.3. The molecule has 2 aliphatic rings. The molecule has 27 heavy (non-hydrogen) atoms. The van der Waals surface area contributed by atoms with Crippen molar-refractivity contribution in [2.45, 2.75) is 46.8 Å². The second-order valence-corrected chi connectivity index (χ2v) is 7.92. The Hall–Kier alpha value is -2.10. The van der Waals surface area contributed by atoms with Crippen LogP contribution in [-0.2, 0) is 9.47 Å². The van der Waals surface area contributed by atoms with Crippen molar-refractivity contribution in [3.05, 3.63) is 63.2 Å². The van der Waals surface area contributed by atoms with E-state index in [1.165, 1.54) is 44.5 Å². The van der Waals surface area contributed by atoms with Crippen LogP contribution in [0.1, 0.15) is 52.0 Å². The van der Waals surface area contributed by atoms with Gasteiger partial charge in [0.25, 0.3) is 0 Å². The zero-order valence-corrected chi connectivity index (χ0v) is 16.9. The van der Waals surface area contributed by atoms with Gasteiger partial charge >= 0.3 is 0 Å². The second-order valence-electron chi connectivity index (χ2n) is 7.92. The lowest BCUT2D eigenvalue weighted by atomic mass is 9.94. The molecule has 2 saturated heterocycles. The van der Waals surface area contributed by atoms with E-state index in [4.69, 9.17) is 14.2 Å². The van der Waals surface area contributed by atoms with Gasteiger partial charge in [-0.2, -0.15) is 0 Å². The monoisotopic (exact) mass is 364 g/mol. The first-order chi connectivity index (χ1) is 12.9. The normalized spacial score (nSPS) is 21.3. The minimum atomic E-state index is 0.278. The van der Waals surface area contributed by atoms with E-state index < -0.39 is 0 Å². The van der Waals surface area contributed by atoms with Crippen molar-refractivity contribution >= 4 is 11.6 Å². The van der Waals surface area contributed by atoms with E-state index in [1.807, 2.05) is 0 Å². The smallest absolute Gasteiger partial charge is 0.125 e. The summed E-state index contributed by atoms with van der Waals surface area (Å²) in [5.41, 5.74) is 10.1. The van der Waals surface area contributed by atoms with E-state index in [9.17, 15) is 0 Å². The van der Waals surface area contributed by atoms with Crippen molar-refractivity contribution in [3.63, 3.8) is 0 Å². The molecule has 0 N–H and O–H groups in total. The molecule has 0 amide bonds. The van der Waals surface area contributed by atoms with Crippen LogP contribution in [0, 0.1) is 27.7 Å². The number of benzene rings is 2. The molecule has 0 spiro atoms. The standard InChI is InChI=1S/C24H28O3/c1-14(6-19-7-15(2)23(16(3)8-19)22-13-26-22)20-9-17(4)24(18(5)10-20)27-12-21-11-25-21/h6-10,21-22H,11-13H2,1-5H3/b14-6+. The number of allylic oxidation sites excluding steroid dienone is 1. The van der Waals surface area contributed by atoms with Gasteiger partial charge in [-0.1, -0.05) is 18.2 Å². The molecular weight excluding hydrogens is 336 g/mol. The molecule has 2 heterocycles. The molecule has 142 valence electrons. The van der Waals surface area contributed by atoms with Gasteiger partial charge < -0.3 is 14.2 Å². The molecule has 4 rings (SSSR count). The Labute approximate surface area is 162 Å². The molecule has 0 bridgehead atoms. The van der Waals surface area contributed by atoms with Gasteiger partial charge in [-0.05, 0) is 91.3 Å². The summed E-state index contributed by atoms with van der Waals surface area (Å²) in [6.45, 7) is 13.1. The Bertz CT molecular complexity index is 856. The Balaban J connectivity index is 1.59. The fourth-order valence-corrected chi connectivity index (χ4v) is 3.89. The molecule has 0 radical (unpaired) electrons. The SMILES string of the molecule is C/C(=C\c1cc(C)c(C2CO2)c(C)c1)c1cc(C)c(OCC2CO2)c(C)c1. The van der Waals surface area contributed by atoms with Crippen molar-refractivity contribution in [2.75, 3.05) is 19.8 Å². The molecule has 2 aromatic rings. The molecule has 2 fully saturated rings. The van der Waals surface area contributed by atoms with E-state index in [-0.39, 0.29) is 6.10 Å². The fraction of sp³-hybridized carbons (Fsp3) is 0.417. The highest BCUT2D eigenvalue weighted by Crippen LogP contribution is 2.36. The van der Waals surface area contributed by atoms with E-state index in [2.05, 4.69) is 65.0 Å². The number of rotatable bonds is 6. The lowest BCUT2D eigenvalue weighted by Crippen LogP contribution is -2.06. The van der Waals surface area contributed by atoms with Gasteiger partial charge in [0.15, 0.2) is 0 Å². The van der Waals surface area contributed by atoms with Crippen molar-refractivity contribution in [1.82, 2.24) is 0 Å². The third-order valence-corrected chi connectivity index (χ3v) is 5.39. The van der Waals surface area contributed by atoms with Gasteiger partial charge in [-0.15, -0.1) is 0 Å². The predicted molar refractivity (Wildman–Crippen MR) is 109 cm³/mol. The Morgan fingerprint density at radius 1 is 0.963 bits per heavy atom. The van der Waals surface area contributed by atoms with Gasteiger partial charge in [0.05, 0.1) is 13.2 Å². The lowest BCUT2D eigenvalue weighted by Gasteiger charge is -2.14. The van der Waals surface area contributed by atoms with Crippen LogP contribution in [0.3, 0.4) is 0 Å². The number of hydrogen-bond donors (Lipinski definition) is 0. The average molecular weight is 364 g/mol. The van der Waals surface area contributed by atoms with Gasteiger partial charge in [-0.25, -0.2) is 0 Å². The van der Waals surface area contributed by atoms with Gasteiger partial charge in [0, 0.05) is 0 Å². The Morgan fingerprint density at radius 2 is 1.56 bits per heavy atom. The van der Waals surface area contributed by atoms with E-state index in [0.29, 0.717) is 12.7 Å². The fourth-order valence-electron chi connectivity index (χ4n) is 3.89. The molecule has 3 nitrogen and oxygen atoms in total. The number of aryl methyl sites for hydroxylation is 4. The quantitative estimate of drug-likeness (QED) is 0.513. The van der Waals surface area contributed by atoms with Crippen LogP contribution in [0.25, 0.3) is 11.6 Å². The van der Waals surface area contributed by atoms with Crippen LogP contribution in [0.4, 0.5) is 0 Å².